The van der Waals surface area contributed by atoms with Gasteiger partial charge in [-0.05, 0) is 60.7 Å². The fourth-order valence-corrected chi connectivity index (χ4v) is 5.38. The van der Waals surface area contributed by atoms with Crippen LogP contribution in [0.5, 0.6) is 0 Å². The number of hydrogen-bond donors (Lipinski definition) is 2. The van der Waals surface area contributed by atoms with Crippen LogP contribution in [0.1, 0.15) is 10.4 Å². The molecule has 9 nitrogen and oxygen atoms in total. The van der Waals surface area contributed by atoms with E-state index in [9.17, 15) is 13.6 Å². The second kappa shape index (κ2) is 12.1. The first kappa shape index (κ1) is 28.1. The summed E-state index contributed by atoms with van der Waals surface area (Å²) in [5.74, 6) is -2.35. The first-order chi connectivity index (χ1) is 22.0. The number of fused-ring (bicyclic) bond motifs is 1. The number of amides is 1. The minimum Gasteiger partial charge on any atom is -0.378 e. The second-order valence-electron chi connectivity index (χ2n) is 10.4. The van der Waals surface area contributed by atoms with Crippen LogP contribution in [0.2, 0.25) is 0 Å². The van der Waals surface area contributed by atoms with Crippen LogP contribution < -0.4 is 15.5 Å². The summed E-state index contributed by atoms with van der Waals surface area (Å²) in [4.78, 5) is 29.3. The van der Waals surface area contributed by atoms with Gasteiger partial charge >= 0.3 is 0 Å². The first-order valence-electron chi connectivity index (χ1n) is 14.4. The number of nitrogens with one attached hydrogen (secondary N) is 2. The van der Waals surface area contributed by atoms with Gasteiger partial charge in [0, 0.05) is 48.1 Å². The Morgan fingerprint density at radius 1 is 0.822 bits per heavy atom. The summed E-state index contributed by atoms with van der Waals surface area (Å²) in [6, 6.07) is 25.8. The van der Waals surface area contributed by atoms with Crippen molar-refractivity contribution in [2.75, 3.05) is 41.8 Å². The van der Waals surface area contributed by atoms with Gasteiger partial charge in [-0.15, -0.1) is 0 Å². The molecule has 0 unspecified atom stereocenters. The van der Waals surface area contributed by atoms with E-state index in [-0.39, 0.29) is 0 Å². The molecule has 3 aromatic heterocycles. The van der Waals surface area contributed by atoms with Crippen LogP contribution in [0, 0.1) is 11.6 Å². The number of pyridine rings is 1. The van der Waals surface area contributed by atoms with Crippen molar-refractivity contribution in [1.29, 1.82) is 0 Å². The highest BCUT2D eigenvalue weighted by atomic mass is 19.1. The number of aromatic nitrogens is 4. The van der Waals surface area contributed by atoms with E-state index >= 15 is 0 Å². The van der Waals surface area contributed by atoms with E-state index in [0.29, 0.717) is 53.1 Å². The number of benzene rings is 3. The van der Waals surface area contributed by atoms with Crippen LogP contribution in [0.3, 0.4) is 0 Å². The van der Waals surface area contributed by atoms with Crippen molar-refractivity contribution in [2.24, 2.45) is 0 Å². The molecule has 3 aromatic carbocycles. The van der Waals surface area contributed by atoms with Gasteiger partial charge in [0.2, 0.25) is 5.95 Å². The Bertz CT molecular complexity index is 2000. The molecule has 11 heteroatoms. The van der Waals surface area contributed by atoms with Crippen molar-refractivity contribution >= 4 is 34.6 Å². The van der Waals surface area contributed by atoms with Gasteiger partial charge in [0.05, 0.1) is 30.3 Å². The summed E-state index contributed by atoms with van der Waals surface area (Å²) < 4.78 is 35.9. The summed E-state index contributed by atoms with van der Waals surface area (Å²) in [6.07, 6.45) is 3.58. The molecule has 0 saturated carbocycles. The molecule has 0 spiro atoms. The minimum atomic E-state index is -0.938. The maximum atomic E-state index is 14.2. The van der Waals surface area contributed by atoms with E-state index in [2.05, 4.69) is 32.7 Å². The molecule has 224 valence electrons. The number of carbonyl (C=O) groups is 1. The van der Waals surface area contributed by atoms with Crippen LogP contribution in [0.15, 0.2) is 103 Å². The lowest BCUT2D eigenvalue weighted by molar-refractivity contribution is 0.101. The third kappa shape index (κ3) is 5.80. The van der Waals surface area contributed by atoms with Gasteiger partial charge in [0.25, 0.3) is 5.91 Å². The van der Waals surface area contributed by atoms with Crippen molar-refractivity contribution in [3.05, 3.63) is 121 Å². The predicted octanol–water partition coefficient (Wildman–Crippen LogP) is 6.57. The van der Waals surface area contributed by atoms with Crippen molar-refractivity contribution in [2.45, 2.75) is 0 Å². The topological polar surface area (TPSA) is 96.7 Å². The smallest absolute Gasteiger partial charge is 0.261 e. The summed E-state index contributed by atoms with van der Waals surface area (Å²) in [6.45, 7) is 3.06. The molecule has 0 bridgehead atoms. The average Bonchev–Trinajstić information content (AvgIpc) is 3.45. The molecule has 4 heterocycles. The van der Waals surface area contributed by atoms with E-state index in [1.807, 2.05) is 53.1 Å². The predicted molar refractivity (Wildman–Crippen MR) is 169 cm³/mol. The standard InChI is InChI=1S/C34H27F2N7O2/c35-26-10-5-11-27(36)30(26)33(44)38-23-7-3-6-22(20-23)31-32(43-15-2-1-12-29(43)41-31)28-13-14-37-34(40-28)39-24-8-4-9-25(21-24)42-16-18-45-19-17-42/h1-15,20-21H,16-19H2,(H,38,44)(H,37,39,40). The summed E-state index contributed by atoms with van der Waals surface area (Å²) in [5, 5.41) is 5.94. The Labute approximate surface area is 257 Å². The number of nitrogens with zero attached hydrogens (tertiary/aromatic N) is 5. The zero-order valence-corrected chi connectivity index (χ0v) is 24.0. The second-order valence-corrected chi connectivity index (χ2v) is 10.4. The number of imidazole rings is 1. The van der Waals surface area contributed by atoms with E-state index in [1.54, 1.807) is 24.4 Å². The third-order valence-corrected chi connectivity index (χ3v) is 7.49. The quantitative estimate of drug-likeness (QED) is 0.213. The molecule has 0 aliphatic carbocycles. The molecule has 1 amide bonds. The number of halogens is 2. The molecule has 1 aliphatic rings. The SMILES string of the molecule is O=C(Nc1cccc(-c2nc3ccccn3c2-c2ccnc(Nc3cccc(N4CCOCC4)c3)n2)c1)c1c(F)cccc1F. The largest absolute Gasteiger partial charge is 0.378 e. The van der Waals surface area contributed by atoms with Gasteiger partial charge in [-0.25, -0.2) is 23.7 Å². The Hall–Kier alpha value is -5.68. The molecule has 1 fully saturated rings. The molecule has 0 radical (unpaired) electrons. The van der Waals surface area contributed by atoms with Gasteiger partial charge in [-0.2, -0.15) is 0 Å². The van der Waals surface area contributed by atoms with Gasteiger partial charge < -0.3 is 20.3 Å². The van der Waals surface area contributed by atoms with Crippen LogP contribution in [-0.2, 0) is 4.74 Å². The number of morpholine rings is 1. The highest BCUT2D eigenvalue weighted by Crippen LogP contribution is 2.34. The van der Waals surface area contributed by atoms with Crippen LogP contribution in [-0.4, -0.2) is 51.6 Å². The number of rotatable bonds is 7. The van der Waals surface area contributed by atoms with Crippen LogP contribution in [0.4, 0.5) is 31.8 Å². The monoisotopic (exact) mass is 603 g/mol. The van der Waals surface area contributed by atoms with Crippen molar-refractivity contribution in [1.82, 2.24) is 19.4 Å². The number of anilines is 4. The average molecular weight is 604 g/mol. The van der Waals surface area contributed by atoms with Crippen LogP contribution in [0.25, 0.3) is 28.3 Å². The van der Waals surface area contributed by atoms with E-state index in [4.69, 9.17) is 14.7 Å². The van der Waals surface area contributed by atoms with Crippen molar-refractivity contribution < 1.29 is 18.3 Å². The normalized spacial score (nSPS) is 13.2. The van der Waals surface area contributed by atoms with E-state index in [1.165, 1.54) is 6.07 Å². The highest BCUT2D eigenvalue weighted by Gasteiger charge is 2.20. The molecule has 2 N–H and O–H groups in total. The molecular formula is C34H27F2N7O2. The molecule has 1 aliphatic heterocycles. The van der Waals surface area contributed by atoms with Crippen molar-refractivity contribution in [3.63, 3.8) is 0 Å². The lowest BCUT2D eigenvalue weighted by Gasteiger charge is -2.29. The zero-order chi connectivity index (χ0) is 30.8. The Morgan fingerprint density at radius 3 is 2.44 bits per heavy atom. The Morgan fingerprint density at radius 2 is 1.60 bits per heavy atom. The molecule has 6 aromatic rings. The summed E-state index contributed by atoms with van der Waals surface area (Å²) in [7, 11) is 0. The van der Waals surface area contributed by atoms with Crippen LogP contribution >= 0.6 is 0 Å². The van der Waals surface area contributed by atoms with Gasteiger partial charge in [0.1, 0.15) is 22.8 Å². The number of hydrogen-bond acceptors (Lipinski definition) is 7. The minimum absolute atomic E-state index is 0.355. The fourth-order valence-electron chi connectivity index (χ4n) is 5.38. The lowest BCUT2D eigenvalue weighted by atomic mass is 10.1. The molecule has 45 heavy (non-hydrogen) atoms. The van der Waals surface area contributed by atoms with Gasteiger partial charge in [-0.1, -0.05) is 30.3 Å². The zero-order valence-electron chi connectivity index (χ0n) is 24.0. The molecule has 7 rings (SSSR count). The van der Waals surface area contributed by atoms with E-state index < -0.39 is 23.1 Å². The Kier molecular flexibility index (Phi) is 7.58. The molecule has 0 atom stereocenters. The maximum absolute atomic E-state index is 14.2. The summed E-state index contributed by atoms with van der Waals surface area (Å²) in [5.41, 5.74) is 4.95. The Balaban J connectivity index is 1.22. The highest BCUT2D eigenvalue weighted by molar-refractivity contribution is 6.05. The fraction of sp³-hybridized carbons (Fsp3) is 0.118. The third-order valence-electron chi connectivity index (χ3n) is 7.49. The number of carbonyl (C=O) groups excluding carboxylic acids is 1. The molecular weight excluding hydrogens is 576 g/mol. The van der Waals surface area contributed by atoms with Crippen molar-refractivity contribution in [3.8, 4) is 22.6 Å². The summed E-state index contributed by atoms with van der Waals surface area (Å²) >= 11 is 0. The first-order valence-corrected chi connectivity index (χ1v) is 14.4. The molecule has 1 saturated heterocycles. The maximum Gasteiger partial charge on any atom is 0.261 e. The lowest BCUT2D eigenvalue weighted by Crippen LogP contribution is -2.36. The van der Waals surface area contributed by atoms with Gasteiger partial charge in [0.15, 0.2) is 0 Å². The van der Waals surface area contributed by atoms with E-state index in [0.717, 1.165) is 36.6 Å². The van der Waals surface area contributed by atoms with Gasteiger partial charge in [-0.3, -0.25) is 9.20 Å². The number of ether oxygens (including phenoxy) is 1.